The summed E-state index contributed by atoms with van der Waals surface area (Å²) in [5, 5.41) is 12.3. The van der Waals surface area contributed by atoms with Crippen molar-refractivity contribution < 1.29 is 5.11 Å². The lowest BCUT2D eigenvalue weighted by Crippen LogP contribution is -2.41. The number of aliphatic hydroxyl groups excluding tert-OH is 1. The zero-order valence-corrected chi connectivity index (χ0v) is 14.2. The zero-order valence-electron chi connectivity index (χ0n) is 13.2. The molecule has 1 aliphatic rings. The van der Waals surface area contributed by atoms with E-state index in [0.717, 1.165) is 17.8 Å². The summed E-state index contributed by atoms with van der Waals surface area (Å²) < 4.78 is 0. The molecule has 0 aliphatic heterocycles. The van der Waals surface area contributed by atoms with Crippen molar-refractivity contribution in [3.05, 3.63) is 47.4 Å². The molecular weight excluding hydrogens is 288 g/mol. The maximum atomic E-state index is 9.74. The average molecular weight is 308 g/mol. The predicted octanol–water partition coefficient (Wildman–Crippen LogP) is 3.17. The highest BCUT2D eigenvalue weighted by atomic mass is 28.3. The highest BCUT2D eigenvalue weighted by molar-refractivity contribution is 6.89. The van der Waals surface area contributed by atoms with Gasteiger partial charge in [0.25, 0.3) is 0 Å². The van der Waals surface area contributed by atoms with Crippen molar-refractivity contribution in [3.63, 3.8) is 0 Å². The summed E-state index contributed by atoms with van der Waals surface area (Å²) in [6.07, 6.45) is 2.93. The Morgan fingerprint density at radius 3 is 2.77 bits per heavy atom. The third-order valence-corrected chi connectivity index (χ3v) is 6.62. The van der Waals surface area contributed by atoms with E-state index in [-0.39, 0.29) is 6.61 Å². The number of hydrogen-bond acceptors (Lipinski definition) is 2. The molecule has 2 aromatic heterocycles. The van der Waals surface area contributed by atoms with Crippen molar-refractivity contribution in [2.24, 2.45) is 0 Å². The van der Waals surface area contributed by atoms with E-state index in [0.29, 0.717) is 0 Å². The van der Waals surface area contributed by atoms with Gasteiger partial charge in [-0.15, -0.1) is 0 Å². The van der Waals surface area contributed by atoms with Crippen molar-refractivity contribution in [1.29, 1.82) is 0 Å². The Bertz CT molecular complexity index is 890. The van der Waals surface area contributed by atoms with Crippen molar-refractivity contribution in [2.45, 2.75) is 32.7 Å². The molecule has 0 saturated carbocycles. The molecule has 0 bridgehead atoms. The molecule has 0 spiro atoms. The fourth-order valence-electron chi connectivity index (χ4n) is 3.53. The quantitative estimate of drug-likeness (QED) is 0.559. The third kappa shape index (κ3) is 1.87. The first kappa shape index (κ1) is 13.7. The number of rotatable bonds is 2. The van der Waals surface area contributed by atoms with Gasteiger partial charge in [0.1, 0.15) is 0 Å². The molecule has 1 aliphatic carbocycles. The molecule has 1 aromatic carbocycles. The maximum Gasteiger partial charge on any atom is 0.0851 e. The fraction of sp³-hybridized carbons (Fsp3) is 0.278. The lowest BCUT2D eigenvalue weighted by atomic mass is 9.89. The lowest BCUT2D eigenvalue weighted by molar-refractivity contribution is 0.277. The summed E-state index contributed by atoms with van der Waals surface area (Å²) in [5.74, 6) is 0. The molecule has 112 valence electrons. The summed E-state index contributed by atoms with van der Waals surface area (Å²) in [7, 11) is -1.55. The van der Waals surface area contributed by atoms with E-state index in [9.17, 15) is 5.11 Å². The van der Waals surface area contributed by atoms with E-state index >= 15 is 0 Å². The zero-order chi connectivity index (χ0) is 15.5. The van der Waals surface area contributed by atoms with Crippen LogP contribution in [0.4, 0.5) is 0 Å². The molecule has 0 saturated heterocycles. The van der Waals surface area contributed by atoms with Gasteiger partial charge in [0.15, 0.2) is 0 Å². The van der Waals surface area contributed by atoms with Gasteiger partial charge in [0, 0.05) is 29.1 Å². The van der Waals surface area contributed by atoms with Crippen LogP contribution in [0, 0.1) is 0 Å². The van der Waals surface area contributed by atoms with Crippen LogP contribution in [-0.4, -0.2) is 23.1 Å². The number of H-pyrrole nitrogens is 1. The van der Waals surface area contributed by atoms with Gasteiger partial charge in [-0.1, -0.05) is 37.8 Å². The largest absolute Gasteiger partial charge is 0.390 e. The van der Waals surface area contributed by atoms with Crippen molar-refractivity contribution >= 4 is 24.2 Å². The molecule has 4 rings (SSSR count). The van der Waals surface area contributed by atoms with E-state index in [4.69, 9.17) is 4.98 Å². The van der Waals surface area contributed by atoms with Gasteiger partial charge in [-0.3, -0.25) is 4.98 Å². The van der Waals surface area contributed by atoms with Gasteiger partial charge in [0.2, 0.25) is 0 Å². The van der Waals surface area contributed by atoms with Crippen LogP contribution < -0.4 is 5.19 Å². The van der Waals surface area contributed by atoms with Crippen LogP contribution in [0.5, 0.6) is 0 Å². The average Bonchev–Trinajstić information content (AvgIpc) is 2.90. The normalized spacial score (nSPS) is 13.5. The lowest BCUT2D eigenvalue weighted by Gasteiger charge is -2.24. The molecular formula is C18H20N2OSi. The predicted molar refractivity (Wildman–Crippen MR) is 93.2 cm³/mol. The topological polar surface area (TPSA) is 48.9 Å². The number of nitrogens with one attached hydrogen (secondary N) is 1. The second-order valence-corrected chi connectivity index (χ2v) is 12.1. The Morgan fingerprint density at radius 2 is 2.05 bits per heavy atom. The van der Waals surface area contributed by atoms with E-state index in [2.05, 4.69) is 55.1 Å². The van der Waals surface area contributed by atoms with Crippen LogP contribution in [0.2, 0.25) is 19.6 Å². The number of nitrogens with zero attached hydrogens (tertiary/aromatic N) is 1. The monoisotopic (exact) mass is 308 g/mol. The van der Waals surface area contributed by atoms with Crippen LogP contribution in [-0.2, 0) is 13.0 Å². The maximum absolute atomic E-state index is 9.74. The van der Waals surface area contributed by atoms with E-state index in [1.807, 2.05) is 0 Å². The van der Waals surface area contributed by atoms with E-state index in [1.54, 1.807) is 0 Å². The van der Waals surface area contributed by atoms with Gasteiger partial charge >= 0.3 is 0 Å². The molecule has 4 heteroatoms. The summed E-state index contributed by atoms with van der Waals surface area (Å²) in [5.41, 5.74) is 6.96. The highest BCUT2D eigenvalue weighted by Crippen LogP contribution is 2.38. The van der Waals surface area contributed by atoms with Gasteiger partial charge in [-0.2, -0.15) is 0 Å². The molecule has 2 N–H and O–H groups in total. The van der Waals surface area contributed by atoms with E-state index in [1.165, 1.54) is 32.8 Å². The van der Waals surface area contributed by atoms with Crippen LogP contribution in [0.25, 0.3) is 22.0 Å². The Balaban J connectivity index is 2.05. The Hall–Kier alpha value is -1.91. The molecule has 0 atom stereocenters. The van der Waals surface area contributed by atoms with Gasteiger partial charge < -0.3 is 10.1 Å². The Kier molecular flexibility index (Phi) is 2.83. The number of aliphatic hydroxyl groups is 1. The molecule has 2 heterocycles. The summed E-state index contributed by atoms with van der Waals surface area (Å²) >= 11 is 0. The Labute approximate surface area is 131 Å². The molecule has 0 amide bonds. The smallest absolute Gasteiger partial charge is 0.0851 e. The third-order valence-electron chi connectivity index (χ3n) is 4.57. The minimum atomic E-state index is -1.55. The van der Waals surface area contributed by atoms with Crippen LogP contribution >= 0.6 is 0 Å². The second kappa shape index (κ2) is 4.54. The van der Waals surface area contributed by atoms with Crippen LogP contribution in [0.1, 0.15) is 17.0 Å². The molecule has 0 fully saturated rings. The molecule has 3 aromatic rings. The van der Waals surface area contributed by atoms with Crippen molar-refractivity contribution in [2.75, 3.05) is 0 Å². The van der Waals surface area contributed by atoms with Crippen LogP contribution in [0.3, 0.4) is 0 Å². The summed E-state index contributed by atoms with van der Waals surface area (Å²) in [6, 6.07) is 8.71. The summed E-state index contributed by atoms with van der Waals surface area (Å²) in [4.78, 5) is 8.19. The van der Waals surface area contributed by atoms with Crippen LogP contribution in [0.15, 0.2) is 30.5 Å². The van der Waals surface area contributed by atoms with Crippen molar-refractivity contribution in [3.8, 4) is 11.1 Å². The number of hydrogen-bond donors (Lipinski definition) is 2. The standard InChI is InChI=1S/C18H20N2OSi/c1-22(2,3)17-8-13-12-5-4-6-14-18(12)11(9-19-14)7-15(13)20-16(17)10-21/h4-6,8-9,19,21H,7,10H2,1-3H3. The molecule has 3 nitrogen and oxygen atoms in total. The summed E-state index contributed by atoms with van der Waals surface area (Å²) in [6.45, 7) is 6.94. The second-order valence-electron chi connectivity index (χ2n) is 7.10. The number of fused-ring (bicyclic) bond motifs is 2. The molecule has 0 unspecified atom stereocenters. The van der Waals surface area contributed by atoms with Crippen molar-refractivity contribution in [1.82, 2.24) is 9.97 Å². The number of aromatic nitrogens is 2. The minimum Gasteiger partial charge on any atom is -0.390 e. The fourth-order valence-corrected chi connectivity index (χ4v) is 5.11. The van der Waals surface area contributed by atoms with Gasteiger partial charge in [-0.05, 0) is 22.4 Å². The van der Waals surface area contributed by atoms with E-state index < -0.39 is 8.07 Å². The van der Waals surface area contributed by atoms with Gasteiger partial charge in [0.05, 0.1) is 26.1 Å². The minimum absolute atomic E-state index is 0.0249. The number of benzene rings is 1. The van der Waals surface area contributed by atoms with Gasteiger partial charge in [-0.25, -0.2) is 0 Å². The molecule has 22 heavy (non-hydrogen) atoms. The number of aromatic amines is 1. The SMILES string of the molecule is C[Si](C)(C)c1cc2c(nc1CO)Cc1c[nH]c3cccc-2c13. The molecule has 0 radical (unpaired) electrons. The Morgan fingerprint density at radius 1 is 1.23 bits per heavy atom. The number of pyridine rings is 1. The highest BCUT2D eigenvalue weighted by Gasteiger charge is 2.26. The first-order valence-electron chi connectivity index (χ1n) is 7.72. The first-order chi connectivity index (χ1) is 10.5. The first-order valence-corrected chi connectivity index (χ1v) is 11.2.